The van der Waals surface area contributed by atoms with E-state index in [2.05, 4.69) is 27.7 Å². The van der Waals surface area contributed by atoms with Crippen LogP contribution >= 0.6 is 11.3 Å². The van der Waals surface area contributed by atoms with Gasteiger partial charge in [-0.1, -0.05) is 40.5 Å². The maximum absolute atomic E-state index is 5.92. The van der Waals surface area contributed by atoms with Gasteiger partial charge in [-0.3, -0.25) is 0 Å². The summed E-state index contributed by atoms with van der Waals surface area (Å²) in [5.74, 6) is 3.26. The van der Waals surface area contributed by atoms with E-state index in [1.807, 2.05) is 11.3 Å². The molecule has 3 heteroatoms. The van der Waals surface area contributed by atoms with Crippen molar-refractivity contribution in [2.24, 2.45) is 0 Å². The standard InChI is InChI=1S/C16H26O2S/c1-5-7-11(3)15-13-14(18-10-9-17-13)16(19-15)12(4)8-6-2/h11-12H,5-10H2,1-4H3. The summed E-state index contributed by atoms with van der Waals surface area (Å²) in [5, 5.41) is 0. The van der Waals surface area contributed by atoms with Gasteiger partial charge in [-0.25, -0.2) is 0 Å². The van der Waals surface area contributed by atoms with Gasteiger partial charge in [-0.05, 0) is 24.7 Å². The van der Waals surface area contributed by atoms with Crippen molar-refractivity contribution < 1.29 is 9.47 Å². The van der Waals surface area contributed by atoms with Crippen LogP contribution in [-0.2, 0) is 0 Å². The number of ether oxygens (including phenoxy) is 2. The van der Waals surface area contributed by atoms with Crippen LogP contribution in [0.2, 0.25) is 0 Å². The van der Waals surface area contributed by atoms with Crippen LogP contribution in [0.3, 0.4) is 0 Å². The second-order valence-corrected chi connectivity index (χ2v) is 6.65. The summed E-state index contributed by atoms with van der Waals surface area (Å²) in [7, 11) is 0. The molecule has 1 aromatic rings. The average Bonchev–Trinajstić information content (AvgIpc) is 2.79. The largest absolute Gasteiger partial charge is 0.485 e. The van der Waals surface area contributed by atoms with Crippen LogP contribution in [0.25, 0.3) is 0 Å². The van der Waals surface area contributed by atoms with Crippen LogP contribution in [0.15, 0.2) is 0 Å². The summed E-state index contributed by atoms with van der Waals surface area (Å²) >= 11 is 1.92. The summed E-state index contributed by atoms with van der Waals surface area (Å²) in [6, 6.07) is 0. The monoisotopic (exact) mass is 282 g/mol. The first kappa shape index (κ1) is 14.7. The molecule has 0 aromatic carbocycles. The topological polar surface area (TPSA) is 18.5 Å². The fourth-order valence-corrected chi connectivity index (χ4v) is 4.14. The zero-order valence-corrected chi connectivity index (χ0v) is 13.4. The lowest BCUT2D eigenvalue weighted by atomic mass is 10.0. The maximum Gasteiger partial charge on any atom is 0.175 e. The molecule has 0 radical (unpaired) electrons. The van der Waals surface area contributed by atoms with Crippen LogP contribution in [0.1, 0.15) is 75.0 Å². The predicted molar refractivity (Wildman–Crippen MR) is 82.0 cm³/mol. The van der Waals surface area contributed by atoms with E-state index in [0.717, 1.165) is 11.5 Å². The van der Waals surface area contributed by atoms with Crippen LogP contribution in [0, 0.1) is 0 Å². The lowest BCUT2D eigenvalue weighted by molar-refractivity contribution is 0.169. The quantitative estimate of drug-likeness (QED) is 0.702. The molecular weight excluding hydrogens is 256 g/mol. The van der Waals surface area contributed by atoms with E-state index in [4.69, 9.17) is 9.47 Å². The summed E-state index contributed by atoms with van der Waals surface area (Å²) in [5.41, 5.74) is 0. The molecule has 0 N–H and O–H groups in total. The van der Waals surface area contributed by atoms with Crippen LogP contribution in [-0.4, -0.2) is 13.2 Å². The van der Waals surface area contributed by atoms with Gasteiger partial charge in [-0.2, -0.15) is 0 Å². The highest BCUT2D eigenvalue weighted by atomic mass is 32.1. The molecule has 1 aromatic heterocycles. The molecule has 1 aliphatic heterocycles. The third kappa shape index (κ3) is 3.07. The molecular formula is C16H26O2S. The minimum atomic E-state index is 0.577. The number of rotatable bonds is 6. The second-order valence-electron chi connectivity index (χ2n) is 5.57. The number of thiophene rings is 1. The van der Waals surface area contributed by atoms with Gasteiger partial charge < -0.3 is 9.47 Å². The maximum atomic E-state index is 5.92. The molecule has 2 rings (SSSR count). The first-order valence-electron chi connectivity index (χ1n) is 7.61. The van der Waals surface area contributed by atoms with E-state index in [1.165, 1.54) is 35.4 Å². The van der Waals surface area contributed by atoms with Crippen LogP contribution < -0.4 is 9.47 Å². The van der Waals surface area contributed by atoms with E-state index < -0.39 is 0 Å². The van der Waals surface area contributed by atoms with Gasteiger partial charge in [0.2, 0.25) is 0 Å². The van der Waals surface area contributed by atoms with Crippen molar-refractivity contribution in [3.05, 3.63) is 9.75 Å². The molecule has 2 heterocycles. The Morgan fingerprint density at radius 2 is 1.32 bits per heavy atom. The second kappa shape index (κ2) is 6.65. The van der Waals surface area contributed by atoms with Gasteiger partial charge in [-0.15, -0.1) is 11.3 Å². The molecule has 19 heavy (non-hydrogen) atoms. The first-order chi connectivity index (χ1) is 9.19. The molecule has 1 aliphatic rings. The molecule has 0 bridgehead atoms. The molecule has 108 valence electrons. The van der Waals surface area contributed by atoms with Crippen LogP contribution in [0.4, 0.5) is 0 Å². The van der Waals surface area contributed by atoms with E-state index >= 15 is 0 Å². The minimum Gasteiger partial charge on any atom is -0.485 e. The van der Waals surface area contributed by atoms with E-state index in [0.29, 0.717) is 25.0 Å². The molecule has 2 atom stereocenters. The molecule has 0 saturated heterocycles. The van der Waals surface area contributed by atoms with E-state index in [1.54, 1.807) is 0 Å². The SMILES string of the molecule is CCCC(C)c1sc(C(C)CCC)c2c1OCCO2. The molecule has 0 saturated carbocycles. The molecule has 2 unspecified atom stereocenters. The molecule has 0 amide bonds. The van der Waals surface area contributed by atoms with E-state index in [-0.39, 0.29) is 0 Å². The Morgan fingerprint density at radius 3 is 1.68 bits per heavy atom. The molecule has 0 aliphatic carbocycles. The highest BCUT2D eigenvalue weighted by molar-refractivity contribution is 7.13. The third-order valence-electron chi connectivity index (χ3n) is 3.79. The average molecular weight is 282 g/mol. The summed E-state index contributed by atoms with van der Waals surface area (Å²) < 4.78 is 11.8. The predicted octanol–water partition coefficient (Wildman–Crippen LogP) is 5.33. The fourth-order valence-electron chi connectivity index (χ4n) is 2.77. The first-order valence-corrected chi connectivity index (χ1v) is 8.42. The Morgan fingerprint density at radius 1 is 0.895 bits per heavy atom. The van der Waals surface area contributed by atoms with Gasteiger partial charge in [0.25, 0.3) is 0 Å². The van der Waals surface area contributed by atoms with Gasteiger partial charge in [0, 0.05) is 0 Å². The Bertz CT molecular complexity index is 375. The van der Waals surface area contributed by atoms with Crippen molar-refractivity contribution in [2.45, 2.75) is 65.2 Å². The van der Waals surface area contributed by atoms with Gasteiger partial charge in [0.1, 0.15) is 13.2 Å². The normalized spacial score (nSPS) is 17.3. The number of fused-ring (bicyclic) bond motifs is 1. The Labute approximate surface area is 121 Å². The number of hydrogen-bond donors (Lipinski definition) is 0. The zero-order chi connectivity index (χ0) is 13.8. The van der Waals surface area contributed by atoms with Crippen molar-refractivity contribution in [3.8, 4) is 11.5 Å². The molecule has 0 fully saturated rings. The van der Waals surface area contributed by atoms with Crippen LogP contribution in [0.5, 0.6) is 11.5 Å². The van der Waals surface area contributed by atoms with Crippen molar-refractivity contribution >= 4 is 11.3 Å². The van der Waals surface area contributed by atoms with Gasteiger partial charge in [0.15, 0.2) is 11.5 Å². The Hall–Kier alpha value is -0.700. The Kier molecular flexibility index (Phi) is 5.14. The highest BCUT2D eigenvalue weighted by Gasteiger charge is 2.28. The smallest absolute Gasteiger partial charge is 0.175 e. The number of hydrogen-bond acceptors (Lipinski definition) is 3. The summed E-state index contributed by atoms with van der Waals surface area (Å²) in [6.07, 6.45) is 4.87. The van der Waals surface area contributed by atoms with E-state index in [9.17, 15) is 0 Å². The fraction of sp³-hybridized carbons (Fsp3) is 0.750. The molecule has 0 spiro atoms. The summed E-state index contributed by atoms with van der Waals surface area (Å²) in [4.78, 5) is 2.80. The zero-order valence-electron chi connectivity index (χ0n) is 12.6. The van der Waals surface area contributed by atoms with Crippen molar-refractivity contribution in [2.75, 3.05) is 13.2 Å². The van der Waals surface area contributed by atoms with Crippen molar-refractivity contribution in [1.29, 1.82) is 0 Å². The Balaban J connectivity index is 2.33. The van der Waals surface area contributed by atoms with Crippen molar-refractivity contribution in [1.82, 2.24) is 0 Å². The summed E-state index contributed by atoms with van der Waals surface area (Å²) in [6.45, 7) is 10.5. The van der Waals surface area contributed by atoms with Gasteiger partial charge in [0.05, 0.1) is 9.75 Å². The highest BCUT2D eigenvalue weighted by Crippen LogP contribution is 2.51. The van der Waals surface area contributed by atoms with Gasteiger partial charge >= 0.3 is 0 Å². The lowest BCUT2D eigenvalue weighted by Gasteiger charge is -2.19. The third-order valence-corrected chi connectivity index (χ3v) is 5.40. The molecule has 2 nitrogen and oxygen atoms in total. The minimum absolute atomic E-state index is 0.577. The van der Waals surface area contributed by atoms with Crippen molar-refractivity contribution in [3.63, 3.8) is 0 Å². The lowest BCUT2D eigenvalue weighted by Crippen LogP contribution is -2.16.